The topological polar surface area (TPSA) is 37.3 Å². The molecule has 0 spiro atoms. The van der Waals surface area contributed by atoms with E-state index in [0.29, 0.717) is 5.92 Å². The predicted molar refractivity (Wildman–Crippen MR) is 66.4 cm³/mol. The maximum atomic E-state index is 10.4. The third kappa shape index (κ3) is 5.34. The summed E-state index contributed by atoms with van der Waals surface area (Å²) in [5.74, 6) is 0.602. The molecule has 92 valence electrons. The summed E-state index contributed by atoms with van der Waals surface area (Å²) >= 11 is 0. The molecule has 1 rings (SSSR count). The van der Waals surface area contributed by atoms with Gasteiger partial charge >= 0.3 is 5.97 Å². The van der Waals surface area contributed by atoms with Gasteiger partial charge in [-0.25, -0.2) is 4.79 Å². The smallest absolute Gasteiger partial charge is 0.327 e. The summed E-state index contributed by atoms with van der Waals surface area (Å²) in [5.41, 5.74) is 0. The second-order valence-electron chi connectivity index (χ2n) is 4.97. The fraction of sp³-hybridized carbons (Fsp3) is 0.786. The van der Waals surface area contributed by atoms with Gasteiger partial charge < -0.3 is 5.11 Å². The Hall–Kier alpha value is -0.790. The van der Waals surface area contributed by atoms with Crippen molar-refractivity contribution >= 4 is 5.97 Å². The van der Waals surface area contributed by atoms with Crippen LogP contribution in [0.3, 0.4) is 0 Å². The highest BCUT2D eigenvalue weighted by Crippen LogP contribution is 2.32. The Labute approximate surface area is 98.7 Å². The van der Waals surface area contributed by atoms with Crippen molar-refractivity contribution in [3.8, 4) is 0 Å². The molecular weight excluding hydrogens is 200 g/mol. The second kappa shape index (κ2) is 7.48. The summed E-state index contributed by atoms with van der Waals surface area (Å²) in [5, 5.41) is 8.55. The average molecular weight is 224 g/mol. The van der Waals surface area contributed by atoms with Crippen molar-refractivity contribution in [1.29, 1.82) is 0 Å². The Morgan fingerprint density at radius 2 is 1.94 bits per heavy atom. The number of hydrogen-bond donors (Lipinski definition) is 1. The minimum atomic E-state index is -0.815. The minimum Gasteiger partial charge on any atom is -0.478 e. The lowest BCUT2D eigenvalue weighted by molar-refractivity contribution is -0.131. The summed E-state index contributed by atoms with van der Waals surface area (Å²) in [6.45, 7) is 2.24. The van der Waals surface area contributed by atoms with E-state index in [1.54, 1.807) is 0 Å². The normalized spacial score (nSPS) is 26.1. The van der Waals surface area contributed by atoms with Crippen molar-refractivity contribution in [3.05, 3.63) is 12.2 Å². The molecule has 2 nitrogen and oxygen atoms in total. The molecule has 0 aromatic rings. The van der Waals surface area contributed by atoms with E-state index in [4.69, 9.17) is 5.11 Å². The Morgan fingerprint density at radius 3 is 2.50 bits per heavy atom. The lowest BCUT2D eigenvalue weighted by Crippen LogP contribution is -2.13. The van der Waals surface area contributed by atoms with Crippen LogP contribution in [0.4, 0.5) is 0 Å². The number of carbonyl (C=O) groups is 1. The fourth-order valence-corrected chi connectivity index (χ4v) is 2.57. The maximum Gasteiger partial charge on any atom is 0.327 e. The van der Waals surface area contributed by atoms with E-state index in [0.717, 1.165) is 5.92 Å². The third-order valence-electron chi connectivity index (χ3n) is 3.62. The van der Waals surface area contributed by atoms with E-state index in [2.05, 4.69) is 6.92 Å². The number of allylic oxidation sites excluding steroid dienone is 1. The summed E-state index contributed by atoms with van der Waals surface area (Å²) in [6, 6.07) is 0. The van der Waals surface area contributed by atoms with Crippen LogP contribution >= 0.6 is 0 Å². The van der Waals surface area contributed by atoms with E-state index in [-0.39, 0.29) is 0 Å². The predicted octanol–water partition coefficient (Wildman–Crippen LogP) is 4.01. The molecule has 0 aromatic heterocycles. The molecule has 0 saturated heterocycles. The summed E-state index contributed by atoms with van der Waals surface area (Å²) in [6.07, 6.45) is 13.5. The largest absolute Gasteiger partial charge is 0.478 e. The van der Waals surface area contributed by atoms with E-state index in [1.807, 2.05) is 6.08 Å². The third-order valence-corrected chi connectivity index (χ3v) is 3.62. The van der Waals surface area contributed by atoms with Gasteiger partial charge in [0.05, 0.1) is 0 Å². The van der Waals surface area contributed by atoms with Gasteiger partial charge in [0.25, 0.3) is 0 Å². The second-order valence-corrected chi connectivity index (χ2v) is 4.97. The molecule has 2 heteroatoms. The molecule has 0 radical (unpaired) electrons. The van der Waals surface area contributed by atoms with Crippen LogP contribution in [0.2, 0.25) is 0 Å². The highest BCUT2D eigenvalue weighted by Gasteiger charge is 2.18. The lowest BCUT2D eigenvalue weighted by atomic mass is 9.79. The van der Waals surface area contributed by atoms with E-state index < -0.39 is 5.97 Å². The van der Waals surface area contributed by atoms with Crippen LogP contribution in [0.1, 0.15) is 58.3 Å². The van der Waals surface area contributed by atoms with Crippen molar-refractivity contribution in [2.24, 2.45) is 11.8 Å². The highest BCUT2D eigenvalue weighted by atomic mass is 16.4. The van der Waals surface area contributed by atoms with Gasteiger partial charge in [0.2, 0.25) is 0 Å². The van der Waals surface area contributed by atoms with Gasteiger partial charge in [-0.15, -0.1) is 0 Å². The maximum absolute atomic E-state index is 10.4. The molecule has 1 saturated carbocycles. The number of hydrogen-bond acceptors (Lipinski definition) is 1. The lowest BCUT2D eigenvalue weighted by Gasteiger charge is -2.26. The number of carboxylic acid groups (broad SMARTS) is 1. The molecule has 0 unspecified atom stereocenters. The zero-order valence-corrected chi connectivity index (χ0v) is 10.3. The Bertz CT molecular complexity index is 225. The van der Waals surface area contributed by atoms with E-state index >= 15 is 0 Å². The highest BCUT2D eigenvalue weighted by molar-refractivity contribution is 5.79. The van der Waals surface area contributed by atoms with Crippen LogP contribution in [0.25, 0.3) is 0 Å². The first-order valence-electron chi connectivity index (χ1n) is 6.63. The van der Waals surface area contributed by atoms with Crippen molar-refractivity contribution in [2.75, 3.05) is 0 Å². The van der Waals surface area contributed by atoms with Crippen LogP contribution in [0.15, 0.2) is 12.2 Å². The van der Waals surface area contributed by atoms with Crippen molar-refractivity contribution in [2.45, 2.75) is 58.3 Å². The molecule has 1 N–H and O–H groups in total. The first kappa shape index (κ1) is 13.3. The molecule has 1 aliphatic rings. The Kier molecular flexibility index (Phi) is 6.20. The van der Waals surface area contributed by atoms with Crippen molar-refractivity contribution in [1.82, 2.24) is 0 Å². The van der Waals surface area contributed by atoms with Crippen LogP contribution in [-0.2, 0) is 4.79 Å². The van der Waals surface area contributed by atoms with E-state index in [9.17, 15) is 4.79 Å². The average Bonchev–Trinajstić information content (AvgIpc) is 2.28. The molecule has 1 fully saturated rings. The standard InChI is InChI=1S/C14H24O2/c1-2-3-4-5-12-6-8-13(9-7-12)10-11-14(15)16/h10-13H,2-9H2,1H3,(H,15,16)/t12-,13-. The minimum absolute atomic E-state index is 0.513. The van der Waals surface area contributed by atoms with Crippen LogP contribution in [0.5, 0.6) is 0 Å². The van der Waals surface area contributed by atoms with Crippen LogP contribution < -0.4 is 0 Å². The number of unbranched alkanes of at least 4 members (excludes halogenated alkanes) is 2. The zero-order valence-electron chi connectivity index (χ0n) is 10.3. The van der Waals surface area contributed by atoms with Crippen molar-refractivity contribution < 1.29 is 9.90 Å². The Balaban J connectivity index is 2.15. The quantitative estimate of drug-likeness (QED) is 0.546. The van der Waals surface area contributed by atoms with Gasteiger partial charge in [0.1, 0.15) is 0 Å². The van der Waals surface area contributed by atoms with Gasteiger partial charge in [0.15, 0.2) is 0 Å². The summed E-state index contributed by atoms with van der Waals surface area (Å²) < 4.78 is 0. The molecule has 1 aliphatic carbocycles. The first-order chi connectivity index (χ1) is 7.72. The van der Waals surface area contributed by atoms with Crippen LogP contribution in [-0.4, -0.2) is 11.1 Å². The molecule has 0 amide bonds. The van der Waals surface area contributed by atoms with E-state index in [1.165, 1.54) is 57.4 Å². The van der Waals surface area contributed by atoms with Gasteiger partial charge in [-0.3, -0.25) is 0 Å². The molecule has 0 atom stereocenters. The molecule has 0 aliphatic heterocycles. The Morgan fingerprint density at radius 1 is 1.25 bits per heavy atom. The van der Waals surface area contributed by atoms with Crippen LogP contribution in [0, 0.1) is 11.8 Å². The number of carboxylic acids is 1. The van der Waals surface area contributed by atoms with Gasteiger partial charge in [0, 0.05) is 6.08 Å². The van der Waals surface area contributed by atoms with Gasteiger partial charge in [-0.2, -0.15) is 0 Å². The molecule has 0 heterocycles. The summed E-state index contributed by atoms with van der Waals surface area (Å²) in [7, 11) is 0. The SMILES string of the molecule is CCCCC[C@H]1CC[C@H](C=CC(=O)O)CC1. The zero-order chi connectivity index (χ0) is 11.8. The molecule has 16 heavy (non-hydrogen) atoms. The molecule has 0 bridgehead atoms. The van der Waals surface area contributed by atoms with Gasteiger partial charge in [-0.05, 0) is 37.5 Å². The fourth-order valence-electron chi connectivity index (χ4n) is 2.57. The van der Waals surface area contributed by atoms with Gasteiger partial charge in [-0.1, -0.05) is 38.7 Å². The number of rotatable bonds is 6. The molecule has 0 aromatic carbocycles. The van der Waals surface area contributed by atoms with Crippen molar-refractivity contribution in [3.63, 3.8) is 0 Å². The monoisotopic (exact) mass is 224 g/mol. The number of aliphatic carboxylic acids is 1. The molecular formula is C14H24O2. The first-order valence-corrected chi connectivity index (χ1v) is 6.63. The summed E-state index contributed by atoms with van der Waals surface area (Å²) in [4.78, 5) is 10.4.